The molecule has 1 spiro atoms. The predicted molar refractivity (Wildman–Crippen MR) is 76.2 cm³/mol. The van der Waals surface area contributed by atoms with E-state index in [-0.39, 0.29) is 0 Å². The largest absolute Gasteiger partial charge is 0.469 e. The zero-order valence-electron chi connectivity index (χ0n) is 11.7. The van der Waals surface area contributed by atoms with E-state index >= 15 is 0 Å². The molecule has 2 aliphatic rings. The van der Waals surface area contributed by atoms with Gasteiger partial charge in [-0.25, -0.2) is 0 Å². The summed E-state index contributed by atoms with van der Waals surface area (Å²) < 4.78 is 5.34. The fourth-order valence-corrected chi connectivity index (χ4v) is 3.29. The molecule has 1 saturated heterocycles. The van der Waals surface area contributed by atoms with Gasteiger partial charge in [-0.05, 0) is 36.8 Å². The van der Waals surface area contributed by atoms with Crippen LogP contribution in [-0.4, -0.2) is 37.5 Å². The van der Waals surface area contributed by atoms with E-state index in [1.807, 2.05) is 19.2 Å². The van der Waals surface area contributed by atoms with Crippen LogP contribution in [0.1, 0.15) is 31.4 Å². The Morgan fingerprint density at radius 2 is 2.37 bits per heavy atom. The first-order chi connectivity index (χ1) is 9.31. The minimum Gasteiger partial charge on any atom is -0.469 e. The van der Waals surface area contributed by atoms with Gasteiger partial charge in [0.25, 0.3) is 0 Å². The molecular weight excluding hydrogens is 238 g/mol. The number of hydrogen-bond acceptors (Lipinski definition) is 2. The standard InChI is InChI=1S/C15H23N3O/c1-16-14(17-9-5-13-4-2-11-19-13)18-10-8-15(12-18)6-3-7-15/h2,4,11H,3,5-10,12H2,1H3,(H,16,17). The number of furan rings is 1. The molecular formula is C15H23N3O. The van der Waals surface area contributed by atoms with Crippen molar-refractivity contribution in [3.8, 4) is 0 Å². The van der Waals surface area contributed by atoms with Gasteiger partial charge in [-0.3, -0.25) is 4.99 Å². The summed E-state index contributed by atoms with van der Waals surface area (Å²) in [5.74, 6) is 2.08. The number of aliphatic imine (C=N–C) groups is 1. The number of guanidine groups is 1. The SMILES string of the molecule is CN=C(NCCc1ccco1)N1CCC2(CCC2)C1. The highest BCUT2D eigenvalue weighted by molar-refractivity contribution is 5.80. The van der Waals surface area contributed by atoms with Gasteiger partial charge >= 0.3 is 0 Å². The molecule has 4 heteroatoms. The van der Waals surface area contributed by atoms with Crippen LogP contribution in [0.25, 0.3) is 0 Å². The van der Waals surface area contributed by atoms with E-state index in [1.54, 1.807) is 6.26 Å². The molecule has 1 saturated carbocycles. The summed E-state index contributed by atoms with van der Waals surface area (Å²) in [5.41, 5.74) is 0.624. The molecule has 0 atom stereocenters. The van der Waals surface area contributed by atoms with Crippen LogP contribution in [0.3, 0.4) is 0 Å². The Bertz CT molecular complexity index is 434. The van der Waals surface area contributed by atoms with Crippen molar-refractivity contribution in [2.45, 2.75) is 32.1 Å². The number of hydrogen-bond donors (Lipinski definition) is 1. The van der Waals surface area contributed by atoms with Crippen LogP contribution in [-0.2, 0) is 6.42 Å². The van der Waals surface area contributed by atoms with Gasteiger partial charge in [0.15, 0.2) is 5.96 Å². The summed E-state index contributed by atoms with van der Waals surface area (Å²) in [7, 11) is 1.88. The van der Waals surface area contributed by atoms with Gasteiger partial charge in [-0.1, -0.05) is 6.42 Å². The van der Waals surface area contributed by atoms with E-state index in [2.05, 4.69) is 15.2 Å². The molecule has 3 rings (SSSR count). The predicted octanol–water partition coefficient (Wildman–Crippen LogP) is 2.27. The Labute approximate surface area is 114 Å². The Kier molecular flexibility index (Phi) is 3.49. The lowest BCUT2D eigenvalue weighted by atomic mass is 9.68. The Morgan fingerprint density at radius 3 is 2.95 bits per heavy atom. The maximum Gasteiger partial charge on any atom is 0.193 e. The molecule has 1 aromatic rings. The first-order valence-electron chi connectivity index (χ1n) is 7.29. The van der Waals surface area contributed by atoms with Gasteiger partial charge in [0.2, 0.25) is 0 Å². The maximum atomic E-state index is 5.34. The van der Waals surface area contributed by atoms with Crippen LogP contribution in [0.5, 0.6) is 0 Å². The van der Waals surface area contributed by atoms with E-state index in [1.165, 1.54) is 32.2 Å². The van der Waals surface area contributed by atoms with Gasteiger partial charge in [0.05, 0.1) is 6.26 Å². The zero-order chi connectivity index (χ0) is 13.1. The highest BCUT2D eigenvalue weighted by Crippen LogP contribution is 2.47. The highest BCUT2D eigenvalue weighted by atomic mass is 16.3. The molecule has 2 fully saturated rings. The molecule has 0 amide bonds. The molecule has 1 aliphatic heterocycles. The average Bonchev–Trinajstić information content (AvgIpc) is 3.03. The van der Waals surface area contributed by atoms with Crippen molar-refractivity contribution in [1.29, 1.82) is 0 Å². The zero-order valence-corrected chi connectivity index (χ0v) is 11.7. The molecule has 0 bridgehead atoms. The van der Waals surface area contributed by atoms with E-state index < -0.39 is 0 Å². The minimum absolute atomic E-state index is 0.624. The molecule has 1 aromatic heterocycles. The van der Waals surface area contributed by atoms with E-state index in [0.29, 0.717) is 5.41 Å². The van der Waals surface area contributed by atoms with Crippen molar-refractivity contribution in [3.05, 3.63) is 24.2 Å². The summed E-state index contributed by atoms with van der Waals surface area (Å²) in [6, 6.07) is 3.95. The number of rotatable bonds is 3. The van der Waals surface area contributed by atoms with Crippen molar-refractivity contribution in [1.82, 2.24) is 10.2 Å². The Morgan fingerprint density at radius 1 is 1.47 bits per heavy atom. The molecule has 0 aromatic carbocycles. The molecule has 1 aliphatic carbocycles. The minimum atomic E-state index is 0.624. The van der Waals surface area contributed by atoms with Crippen LogP contribution in [0.15, 0.2) is 27.8 Å². The third-order valence-corrected chi connectivity index (χ3v) is 4.60. The molecule has 4 nitrogen and oxygen atoms in total. The lowest BCUT2D eigenvalue weighted by Crippen LogP contribution is -2.43. The van der Waals surface area contributed by atoms with Crippen LogP contribution in [0.2, 0.25) is 0 Å². The molecule has 2 heterocycles. The Hall–Kier alpha value is -1.45. The van der Waals surface area contributed by atoms with Crippen molar-refractivity contribution in [2.24, 2.45) is 10.4 Å². The molecule has 1 N–H and O–H groups in total. The van der Waals surface area contributed by atoms with Gasteiger partial charge in [0, 0.05) is 33.1 Å². The summed E-state index contributed by atoms with van der Waals surface area (Å²) in [4.78, 5) is 6.83. The number of nitrogens with zero attached hydrogens (tertiary/aromatic N) is 2. The normalized spacial score (nSPS) is 21.7. The summed E-state index contributed by atoms with van der Waals surface area (Å²) in [5, 5.41) is 3.45. The molecule has 19 heavy (non-hydrogen) atoms. The highest BCUT2D eigenvalue weighted by Gasteiger charge is 2.43. The van der Waals surface area contributed by atoms with Gasteiger partial charge in [-0.2, -0.15) is 0 Å². The van der Waals surface area contributed by atoms with E-state index in [9.17, 15) is 0 Å². The summed E-state index contributed by atoms with van der Waals surface area (Å²) in [6.07, 6.45) is 8.21. The van der Waals surface area contributed by atoms with Crippen LogP contribution >= 0.6 is 0 Å². The topological polar surface area (TPSA) is 40.8 Å². The second kappa shape index (κ2) is 5.27. The summed E-state index contributed by atoms with van der Waals surface area (Å²) >= 11 is 0. The van der Waals surface area contributed by atoms with Gasteiger partial charge in [0.1, 0.15) is 5.76 Å². The van der Waals surface area contributed by atoms with Crippen molar-refractivity contribution in [3.63, 3.8) is 0 Å². The second-order valence-electron chi connectivity index (χ2n) is 5.83. The fourth-order valence-electron chi connectivity index (χ4n) is 3.29. The first kappa shape index (κ1) is 12.6. The van der Waals surface area contributed by atoms with Crippen molar-refractivity contribution >= 4 is 5.96 Å². The molecule has 0 radical (unpaired) electrons. The lowest BCUT2D eigenvalue weighted by molar-refractivity contribution is 0.151. The number of likely N-dealkylation sites (tertiary alicyclic amines) is 1. The van der Waals surface area contributed by atoms with Crippen LogP contribution < -0.4 is 5.32 Å². The number of nitrogens with one attached hydrogen (secondary N) is 1. The van der Waals surface area contributed by atoms with Gasteiger partial charge in [-0.15, -0.1) is 0 Å². The van der Waals surface area contributed by atoms with E-state index in [0.717, 1.165) is 31.2 Å². The monoisotopic (exact) mass is 261 g/mol. The Balaban J connectivity index is 1.48. The smallest absolute Gasteiger partial charge is 0.193 e. The van der Waals surface area contributed by atoms with Crippen LogP contribution in [0, 0.1) is 5.41 Å². The van der Waals surface area contributed by atoms with Gasteiger partial charge < -0.3 is 14.6 Å². The lowest BCUT2D eigenvalue weighted by Gasteiger charge is -2.38. The maximum absolute atomic E-state index is 5.34. The van der Waals surface area contributed by atoms with Crippen LogP contribution in [0.4, 0.5) is 0 Å². The van der Waals surface area contributed by atoms with E-state index in [4.69, 9.17) is 4.42 Å². The quantitative estimate of drug-likeness (QED) is 0.670. The molecule has 0 unspecified atom stereocenters. The average molecular weight is 261 g/mol. The third-order valence-electron chi connectivity index (χ3n) is 4.60. The van der Waals surface area contributed by atoms with Crippen molar-refractivity contribution in [2.75, 3.05) is 26.7 Å². The second-order valence-corrected chi connectivity index (χ2v) is 5.83. The summed E-state index contributed by atoms with van der Waals surface area (Å²) in [6.45, 7) is 3.22. The fraction of sp³-hybridized carbons (Fsp3) is 0.667. The van der Waals surface area contributed by atoms with Crippen molar-refractivity contribution < 1.29 is 4.42 Å². The third kappa shape index (κ3) is 2.62. The first-order valence-corrected chi connectivity index (χ1v) is 7.29. The molecule has 104 valence electrons.